The lowest BCUT2D eigenvalue weighted by molar-refractivity contribution is 0.201. The maximum Gasteiger partial charge on any atom is 0.317 e. The number of methoxy groups -OCH3 is 1. The first kappa shape index (κ1) is 25.1. The van der Waals surface area contributed by atoms with Crippen molar-refractivity contribution in [3.63, 3.8) is 0 Å². The van der Waals surface area contributed by atoms with Gasteiger partial charge in [0.2, 0.25) is 5.88 Å². The van der Waals surface area contributed by atoms with Crippen molar-refractivity contribution < 1.29 is 18.7 Å². The molecule has 4 aromatic rings. The summed E-state index contributed by atoms with van der Waals surface area (Å²) in [5, 5.41) is 3.05. The molecule has 196 valence electrons. The van der Waals surface area contributed by atoms with Crippen molar-refractivity contribution in [1.82, 2.24) is 20.2 Å². The first-order valence-electron chi connectivity index (χ1n) is 12.7. The van der Waals surface area contributed by atoms with E-state index in [1.165, 1.54) is 0 Å². The van der Waals surface area contributed by atoms with Crippen molar-refractivity contribution in [3.05, 3.63) is 84.5 Å². The second kappa shape index (κ2) is 11.7. The second-order valence-electron chi connectivity index (χ2n) is 9.03. The second-order valence-corrected chi connectivity index (χ2v) is 9.03. The largest absolute Gasteiger partial charge is 0.496 e. The van der Waals surface area contributed by atoms with Gasteiger partial charge in [0.1, 0.15) is 11.5 Å². The zero-order valence-electron chi connectivity index (χ0n) is 21.6. The molecule has 1 aliphatic rings. The zero-order chi connectivity index (χ0) is 26.3. The minimum Gasteiger partial charge on any atom is -0.496 e. The van der Waals surface area contributed by atoms with Crippen molar-refractivity contribution >= 4 is 11.7 Å². The number of benzene rings is 2. The first-order chi connectivity index (χ1) is 18.6. The van der Waals surface area contributed by atoms with E-state index in [1.54, 1.807) is 25.6 Å². The first-order valence-corrected chi connectivity index (χ1v) is 12.7. The number of aromatic nitrogens is 2. The number of rotatable bonds is 7. The molecule has 0 saturated carbocycles. The standard InChI is InChI=1S/C29H31N5O4/c1-21-31-20-27(37-21)25-11-10-23(18-26(25)36-2)33-13-6-14-34(16-15-33)29(35)32-19-22-7-5-8-24(17-22)38-28-9-3-4-12-30-28/h3-5,7-12,17-18,20H,6,13-16,19H2,1-2H3,(H,32,35). The van der Waals surface area contributed by atoms with E-state index in [9.17, 15) is 4.79 Å². The third-order valence-corrected chi connectivity index (χ3v) is 6.42. The van der Waals surface area contributed by atoms with Gasteiger partial charge in [-0.25, -0.2) is 14.8 Å². The summed E-state index contributed by atoms with van der Waals surface area (Å²) in [5.74, 6) is 3.23. The quantitative estimate of drug-likeness (QED) is 0.360. The van der Waals surface area contributed by atoms with E-state index in [4.69, 9.17) is 13.9 Å². The number of amides is 2. The highest BCUT2D eigenvalue weighted by atomic mass is 16.5. The van der Waals surface area contributed by atoms with Gasteiger partial charge in [0.05, 0.1) is 18.9 Å². The Morgan fingerprint density at radius 3 is 2.74 bits per heavy atom. The Hall–Kier alpha value is -4.53. The van der Waals surface area contributed by atoms with E-state index >= 15 is 0 Å². The normalized spacial score (nSPS) is 13.6. The molecule has 0 atom stereocenters. The van der Waals surface area contributed by atoms with Crippen LogP contribution in [0.25, 0.3) is 11.3 Å². The number of oxazole rings is 1. The van der Waals surface area contributed by atoms with Gasteiger partial charge in [0, 0.05) is 63.7 Å². The summed E-state index contributed by atoms with van der Waals surface area (Å²) in [7, 11) is 1.65. The lowest BCUT2D eigenvalue weighted by Gasteiger charge is -2.24. The average molecular weight is 514 g/mol. The van der Waals surface area contributed by atoms with E-state index in [-0.39, 0.29) is 6.03 Å². The molecule has 0 aliphatic carbocycles. The molecule has 38 heavy (non-hydrogen) atoms. The molecule has 0 radical (unpaired) electrons. The van der Waals surface area contributed by atoms with Gasteiger partial charge in [0.15, 0.2) is 11.7 Å². The summed E-state index contributed by atoms with van der Waals surface area (Å²) in [6.07, 6.45) is 4.26. The molecule has 2 aromatic heterocycles. The van der Waals surface area contributed by atoms with E-state index in [1.807, 2.05) is 60.4 Å². The van der Waals surface area contributed by atoms with Crippen molar-refractivity contribution in [2.24, 2.45) is 0 Å². The molecule has 0 bridgehead atoms. The highest BCUT2D eigenvalue weighted by Crippen LogP contribution is 2.34. The molecule has 9 heteroatoms. The highest BCUT2D eigenvalue weighted by Gasteiger charge is 2.21. The Kier molecular flexibility index (Phi) is 7.73. The van der Waals surface area contributed by atoms with Gasteiger partial charge < -0.3 is 29.0 Å². The van der Waals surface area contributed by atoms with Gasteiger partial charge >= 0.3 is 6.03 Å². The van der Waals surface area contributed by atoms with Crippen LogP contribution in [0.4, 0.5) is 10.5 Å². The molecule has 5 rings (SSSR count). The van der Waals surface area contributed by atoms with Crippen LogP contribution in [0.1, 0.15) is 17.9 Å². The number of nitrogens with zero attached hydrogens (tertiary/aromatic N) is 4. The average Bonchev–Trinajstić information content (AvgIpc) is 3.23. The van der Waals surface area contributed by atoms with Gasteiger partial charge in [-0.05, 0) is 42.3 Å². The minimum absolute atomic E-state index is 0.0727. The molecule has 2 aromatic carbocycles. The molecule has 1 aliphatic heterocycles. The predicted octanol–water partition coefficient (Wildman–Crippen LogP) is 5.27. The van der Waals surface area contributed by atoms with Gasteiger partial charge in [-0.2, -0.15) is 0 Å². The van der Waals surface area contributed by atoms with Gasteiger partial charge in [-0.15, -0.1) is 0 Å². The van der Waals surface area contributed by atoms with Crippen LogP contribution < -0.4 is 19.7 Å². The Bertz CT molecular complexity index is 1370. The lowest BCUT2D eigenvalue weighted by Crippen LogP contribution is -2.41. The summed E-state index contributed by atoms with van der Waals surface area (Å²) >= 11 is 0. The summed E-state index contributed by atoms with van der Waals surface area (Å²) in [6, 6.07) is 19.2. The van der Waals surface area contributed by atoms with E-state index in [0.29, 0.717) is 42.9 Å². The van der Waals surface area contributed by atoms with Gasteiger partial charge in [-0.1, -0.05) is 18.2 Å². The Morgan fingerprint density at radius 2 is 1.95 bits per heavy atom. The smallest absolute Gasteiger partial charge is 0.317 e. The van der Waals surface area contributed by atoms with Gasteiger partial charge in [-0.3, -0.25) is 0 Å². The Balaban J connectivity index is 1.17. The fourth-order valence-electron chi connectivity index (χ4n) is 4.48. The number of hydrogen-bond donors (Lipinski definition) is 1. The molecule has 1 fully saturated rings. The van der Waals surface area contributed by atoms with Crippen LogP contribution >= 0.6 is 0 Å². The molecule has 1 N–H and O–H groups in total. The summed E-state index contributed by atoms with van der Waals surface area (Å²) < 4.78 is 17.1. The monoisotopic (exact) mass is 513 g/mol. The fraction of sp³-hybridized carbons (Fsp3) is 0.276. The summed E-state index contributed by atoms with van der Waals surface area (Å²) in [4.78, 5) is 25.5. The third-order valence-electron chi connectivity index (χ3n) is 6.42. The Labute approximate surface area is 222 Å². The number of carbonyl (C=O) groups excluding carboxylic acids is 1. The molecule has 3 heterocycles. The van der Waals surface area contributed by atoms with Crippen molar-refractivity contribution in [1.29, 1.82) is 0 Å². The van der Waals surface area contributed by atoms with Crippen LogP contribution in [0.3, 0.4) is 0 Å². The third kappa shape index (κ3) is 6.05. The van der Waals surface area contributed by atoms with Crippen LogP contribution in [0.5, 0.6) is 17.4 Å². The summed E-state index contributed by atoms with van der Waals surface area (Å²) in [6.45, 7) is 5.13. The molecule has 0 spiro atoms. The SMILES string of the molecule is COc1cc(N2CCCN(C(=O)NCc3cccc(Oc4ccccn4)c3)CC2)ccc1-c1cnc(C)o1. The van der Waals surface area contributed by atoms with Crippen LogP contribution in [0.2, 0.25) is 0 Å². The molecular formula is C29H31N5O4. The van der Waals surface area contributed by atoms with Crippen molar-refractivity contribution in [2.75, 3.05) is 38.2 Å². The molecule has 2 amide bonds. The zero-order valence-corrected chi connectivity index (χ0v) is 21.6. The van der Waals surface area contributed by atoms with E-state index in [0.717, 1.165) is 42.1 Å². The van der Waals surface area contributed by atoms with Gasteiger partial charge in [0.25, 0.3) is 0 Å². The van der Waals surface area contributed by atoms with Crippen molar-refractivity contribution in [3.8, 4) is 28.7 Å². The van der Waals surface area contributed by atoms with E-state index < -0.39 is 0 Å². The molecular weight excluding hydrogens is 482 g/mol. The lowest BCUT2D eigenvalue weighted by atomic mass is 10.1. The Morgan fingerprint density at radius 1 is 1.03 bits per heavy atom. The number of pyridine rings is 1. The number of anilines is 1. The van der Waals surface area contributed by atoms with Crippen LogP contribution in [-0.4, -0.2) is 54.2 Å². The highest BCUT2D eigenvalue weighted by molar-refractivity contribution is 5.74. The number of carbonyl (C=O) groups is 1. The minimum atomic E-state index is -0.0727. The molecule has 1 saturated heterocycles. The number of nitrogens with one attached hydrogen (secondary N) is 1. The van der Waals surface area contributed by atoms with Crippen molar-refractivity contribution in [2.45, 2.75) is 19.9 Å². The number of hydrogen-bond acceptors (Lipinski definition) is 7. The topological polar surface area (TPSA) is 93.0 Å². The predicted molar refractivity (Wildman–Crippen MR) is 145 cm³/mol. The van der Waals surface area contributed by atoms with Crippen LogP contribution in [-0.2, 0) is 6.54 Å². The van der Waals surface area contributed by atoms with Crippen LogP contribution in [0, 0.1) is 6.92 Å². The maximum absolute atomic E-state index is 13.0. The molecule has 9 nitrogen and oxygen atoms in total. The fourth-order valence-corrected chi connectivity index (χ4v) is 4.48. The number of urea groups is 1. The maximum atomic E-state index is 13.0. The number of ether oxygens (including phenoxy) is 2. The number of aryl methyl sites for hydroxylation is 1. The molecule has 0 unspecified atom stereocenters. The van der Waals surface area contributed by atoms with E-state index in [2.05, 4.69) is 26.3 Å². The van der Waals surface area contributed by atoms with Crippen LogP contribution in [0.15, 0.2) is 77.5 Å². The summed E-state index contributed by atoms with van der Waals surface area (Å²) in [5.41, 5.74) is 2.87.